The first kappa shape index (κ1) is 25.8. The van der Waals surface area contributed by atoms with Crippen LogP contribution in [0.3, 0.4) is 0 Å². The standard InChI is InChI=1S/C36H27N5O3/c1-20-33(25-8-4-6-10-31(25)38-20)34(28-19-37-29-16-13-22(41(42)43)17-26(28)29)32-18-27-24-7-3-5-9-30(24)39-36(27)35(40-32)21-11-14-23(44-2)15-12-21/h3-19,34,37-39H,1-2H3. The number of aryl methyl sites for hydroxylation is 1. The molecule has 8 heteroatoms. The summed E-state index contributed by atoms with van der Waals surface area (Å²) in [6.45, 7) is 2.08. The van der Waals surface area contributed by atoms with Crippen molar-refractivity contribution in [2.45, 2.75) is 12.8 Å². The van der Waals surface area contributed by atoms with E-state index in [1.54, 1.807) is 19.2 Å². The Morgan fingerprint density at radius 1 is 0.795 bits per heavy atom. The molecule has 0 aliphatic rings. The highest BCUT2D eigenvalue weighted by Gasteiger charge is 2.29. The van der Waals surface area contributed by atoms with Crippen molar-refractivity contribution < 1.29 is 9.66 Å². The van der Waals surface area contributed by atoms with Gasteiger partial charge in [0.25, 0.3) is 5.69 Å². The van der Waals surface area contributed by atoms with Gasteiger partial charge in [-0.3, -0.25) is 10.1 Å². The van der Waals surface area contributed by atoms with Crippen LogP contribution < -0.4 is 4.74 Å². The molecule has 8 aromatic rings. The number of nitro benzene ring substituents is 1. The van der Waals surface area contributed by atoms with Crippen LogP contribution in [0, 0.1) is 17.0 Å². The minimum Gasteiger partial charge on any atom is -0.497 e. The van der Waals surface area contributed by atoms with Gasteiger partial charge in [0.1, 0.15) is 5.75 Å². The number of nitrogens with zero attached hydrogens (tertiary/aromatic N) is 2. The number of pyridine rings is 1. The number of aromatic nitrogens is 4. The van der Waals surface area contributed by atoms with Crippen molar-refractivity contribution >= 4 is 49.3 Å². The molecule has 0 saturated carbocycles. The van der Waals surface area contributed by atoms with Gasteiger partial charge in [-0.1, -0.05) is 36.4 Å². The van der Waals surface area contributed by atoms with Crippen molar-refractivity contribution in [3.05, 3.63) is 136 Å². The van der Waals surface area contributed by atoms with Crippen molar-refractivity contribution in [3.8, 4) is 17.0 Å². The van der Waals surface area contributed by atoms with Crippen LogP contribution in [-0.4, -0.2) is 32.0 Å². The van der Waals surface area contributed by atoms with Gasteiger partial charge in [0.2, 0.25) is 0 Å². The quantitative estimate of drug-likeness (QED) is 0.135. The number of non-ortho nitro benzene ring substituents is 1. The van der Waals surface area contributed by atoms with Crippen LogP contribution in [0.15, 0.2) is 103 Å². The van der Waals surface area contributed by atoms with Crippen molar-refractivity contribution in [2.24, 2.45) is 0 Å². The van der Waals surface area contributed by atoms with Gasteiger partial charge in [0, 0.05) is 67.7 Å². The van der Waals surface area contributed by atoms with Crippen LogP contribution in [-0.2, 0) is 0 Å². The highest BCUT2D eigenvalue weighted by atomic mass is 16.6. The topological polar surface area (TPSA) is 113 Å². The molecule has 0 spiro atoms. The number of rotatable bonds is 6. The lowest BCUT2D eigenvalue weighted by molar-refractivity contribution is -0.384. The third-order valence-electron chi connectivity index (χ3n) is 8.63. The molecule has 4 heterocycles. The second-order valence-corrected chi connectivity index (χ2v) is 11.1. The van der Waals surface area contributed by atoms with E-state index in [1.807, 2.05) is 54.7 Å². The molecule has 3 N–H and O–H groups in total. The summed E-state index contributed by atoms with van der Waals surface area (Å²) < 4.78 is 5.44. The molecule has 0 saturated heterocycles. The fraction of sp³-hybridized carbons (Fsp3) is 0.0833. The largest absolute Gasteiger partial charge is 0.497 e. The Hall–Kier alpha value is -5.89. The van der Waals surface area contributed by atoms with Gasteiger partial charge in [-0.05, 0) is 66.6 Å². The van der Waals surface area contributed by atoms with Gasteiger partial charge >= 0.3 is 0 Å². The van der Waals surface area contributed by atoms with Crippen LogP contribution in [0.25, 0.3) is 54.9 Å². The fourth-order valence-corrected chi connectivity index (χ4v) is 6.59. The van der Waals surface area contributed by atoms with Crippen molar-refractivity contribution in [3.63, 3.8) is 0 Å². The Labute approximate surface area is 251 Å². The molecule has 214 valence electrons. The zero-order valence-electron chi connectivity index (χ0n) is 24.0. The van der Waals surface area contributed by atoms with E-state index in [2.05, 4.69) is 52.2 Å². The van der Waals surface area contributed by atoms with Gasteiger partial charge in [0.15, 0.2) is 0 Å². The highest BCUT2D eigenvalue weighted by Crippen LogP contribution is 2.44. The molecule has 0 fully saturated rings. The monoisotopic (exact) mass is 577 g/mol. The number of H-pyrrole nitrogens is 3. The molecule has 0 radical (unpaired) electrons. The van der Waals surface area contributed by atoms with Gasteiger partial charge in [-0.15, -0.1) is 0 Å². The van der Waals surface area contributed by atoms with Crippen LogP contribution >= 0.6 is 0 Å². The maximum atomic E-state index is 11.8. The first-order valence-corrected chi connectivity index (χ1v) is 14.4. The first-order chi connectivity index (χ1) is 21.5. The summed E-state index contributed by atoms with van der Waals surface area (Å²) in [5.74, 6) is 0.433. The number of benzene rings is 4. The molecule has 4 aromatic heterocycles. The number of ether oxygens (including phenoxy) is 1. The Morgan fingerprint density at radius 3 is 2.27 bits per heavy atom. The predicted molar refractivity (Wildman–Crippen MR) is 175 cm³/mol. The van der Waals surface area contributed by atoms with Gasteiger partial charge in [-0.2, -0.15) is 0 Å². The minimum atomic E-state index is -0.347. The lowest BCUT2D eigenvalue weighted by Gasteiger charge is -2.19. The summed E-state index contributed by atoms with van der Waals surface area (Å²) in [6.07, 6.45) is 1.97. The smallest absolute Gasteiger partial charge is 0.270 e. The maximum absolute atomic E-state index is 11.8. The molecule has 8 rings (SSSR count). The summed E-state index contributed by atoms with van der Waals surface area (Å²) in [7, 11) is 1.66. The SMILES string of the molecule is COc1ccc(-c2nc(C(c3c[nH]c4ccc([N+](=O)[O-])cc34)c3c(C)[nH]c4ccccc34)cc3c2[nH]c2ccccc23)cc1. The van der Waals surface area contributed by atoms with E-state index in [4.69, 9.17) is 9.72 Å². The fourth-order valence-electron chi connectivity index (χ4n) is 6.59. The van der Waals surface area contributed by atoms with Crippen LogP contribution in [0.5, 0.6) is 5.75 Å². The molecular formula is C36H27N5O3. The summed E-state index contributed by atoms with van der Waals surface area (Å²) in [5, 5.41) is 15.9. The number of fused-ring (bicyclic) bond motifs is 5. The lowest BCUT2D eigenvalue weighted by Crippen LogP contribution is -2.07. The second-order valence-electron chi connectivity index (χ2n) is 11.1. The molecule has 0 amide bonds. The molecule has 1 atom stereocenters. The molecular weight excluding hydrogens is 550 g/mol. The Balaban J connectivity index is 1.48. The van der Waals surface area contributed by atoms with Crippen LogP contribution in [0.2, 0.25) is 0 Å². The van der Waals surface area contributed by atoms with Gasteiger partial charge in [-0.25, -0.2) is 4.98 Å². The number of methoxy groups -OCH3 is 1. The maximum Gasteiger partial charge on any atom is 0.270 e. The summed E-state index contributed by atoms with van der Waals surface area (Å²) in [5.41, 5.74) is 9.52. The molecule has 1 unspecified atom stereocenters. The van der Waals surface area contributed by atoms with Crippen LogP contribution in [0.1, 0.15) is 28.4 Å². The number of hydrogen-bond donors (Lipinski definition) is 3. The first-order valence-electron chi connectivity index (χ1n) is 14.4. The predicted octanol–water partition coefficient (Wildman–Crippen LogP) is 8.75. The Bertz CT molecular complexity index is 2380. The molecule has 0 aliphatic heterocycles. The van der Waals surface area contributed by atoms with Crippen molar-refractivity contribution in [2.75, 3.05) is 7.11 Å². The zero-order chi connectivity index (χ0) is 29.9. The summed E-state index contributed by atoms with van der Waals surface area (Å²) in [6, 6.07) is 31.6. The van der Waals surface area contributed by atoms with E-state index in [0.717, 1.165) is 83.1 Å². The highest BCUT2D eigenvalue weighted by molar-refractivity contribution is 6.11. The molecule has 0 bridgehead atoms. The zero-order valence-corrected chi connectivity index (χ0v) is 24.0. The number of nitrogens with one attached hydrogen (secondary N) is 3. The van der Waals surface area contributed by atoms with Crippen molar-refractivity contribution in [1.82, 2.24) is 19.9 Å². The third kappa shape index (κ3) is 3.95. The van der Waals surface area contributed by atoms with E-state index in [1.165, 1.54) is 6.07 Å². The van der Waals surface area contributed by atoms with E-state index in [0.29, 0.717) is 0 Å². The molecule has 8 nitrogen and oxygen atoms in total. The number of aromatic amines is 3. The van der Waals surface area contributed by atoms with E-state index < -0.39 is 0 Å². The van der Waals surface area contributed by atoms with E-state index >= 15 is 0 Å². The van der Waals surface area contributed by atoms with Gasteiger partial charge < -0.3 is 19.7 Å². The summed E-state index contributed by atoms with van der Waals surface area (Å²) >= 11 is 0. The molecule has 0 aliphatic carbocycles. The average molecular weight is 578 g/mol. The number of nitro groups is 1. The van der Waals surface area contributed by atoms with Crippen molar-refractivity contribution in [1.29, 1.82) is 0 Å². The summed E-state index contributed by atoms with van der Waals surface area (Å²) in [4.78, 5) is 27.5. The van der Waals surface area contributed by atoms with Gasteiger partial charge in [0.05, 0.1) is 34.9 Å². The van der Waals surface area contributed by atoms with Crippen LogP contribution in [0.4, 0.5) is 5.69 Å². The average Bonchev–Trinajstić information content (AvgIpc) is 3.74. The lowest BCUT2D eigenvalue weighted by atomic mass is 9.85. The van der Waals surface area contributed by atoms with E-state index in [-0.39, 0.29) is 16.5 Å². The van der Waals surface area contributed by atoms with E-state index in [9.17, 15) is 10.1 Å². The Morgan fingerprint density at radius 2 is 1.52 bits per heavy atom. The Kier molecular flexibility index (Phi) is 5.77. The molecule has 44 heavy (non-hydrogen) atoms. The minimum absolute atomic E-state index is 0.0479. The third-order valence-corrected chi connectivity index (χ3v) is 8.63. The number of hydrogen-bond acceptors (Lipinski definition) is 4. The number of para-hydroxylation sites is 2. The normalized spacial score (nSPS) is 12.4. The molecule has 4 aromatic carbocycles. The second kappa shape index (κ2) is 9.84.